The number of nitrogen functional groups attached to an aromatic ring is 1. The van der Waals surface area contributed by atoms with Gasteiger partial charge < -0.3 is 15.8 Å². The van der Waals surface area contributed by atoms with Gasteiger partial charge in [-0.25, -0.2) is 4.98 Å². The van der Waals surface area contributed by atoms with Crippen LogP contribution in [0.1, 0.15) is 26.7 Å². The molecule has 8 heteroatoms. The summed E-state index contributed by atoms with van der Waals surface area (Å²) in [5.74, 6) is 0.510. The van der Waals surface area contributed by atoms with Crippen molar-refractivity contribution in [3.8, 4) is 5.88 Å². The molecule has 0 radical (unpaired) electrons. The van der Waals surface area contributed by atoms with Crippen molar-refractivity contribution < 1.29 is 17.9 Å². The predicted molar refractivity (Wildman–Crippen MR) is 66.0 cm³/mol. The first-order chi connectivity index (χ1) is 8.79. The van der Waals surface area contributed by atoms with E-state index in [1.807, 2.05) is 13.8 Å². The second-order valence-corrected chi connectivity index (χ2v) is 4.25. The van der Waals surface area contributed by atoms with E-state index in [-0.39, 0.29) is 36.5 Å². The minimum atomic E-state index is -4.15. The first-order valence-corrected chi connectivity index (χ1v) is 5.87. The number of halogens is 3. The molecule has 0 unspecified atom stereocenters. The monoisotopic (exact) mass is 278 g/mol. The second-order valence-electron chi connectivity index (χ2n) is 4.25. The maximum Gasteiger partial charge on any atom is 0.389 e. The SMILES string of the molecule is CC(C)Oc1ncnc(NCCCC(F)(F)F)c1N. The van der Waals surface area contributed by atoms with E-state index in [1.165, 1.54) is 6.33 Å². The van der Waals surface area contributed by atoms with Gasteiger partial charge in [-0.3, -0.25) is 0 Å². The Labute approximate surface area is 109 Å². The van der Waals surface area contributed by atoms with E-state index in [2.05, 4.69) is 15.3 Å². The fraction of sp³-hybridized carbons (Fsp3) is 0.636. The van der Waals surface area contributed by atoms with E-state index in [9.17, 15) is 13.2 Å². The molecular formula is C11H17F3N4O. The fourth-order valence-corrected chi connectivity index (χ4v) is 1.33. The lowest BCUT2D eigenvalue weighted by Gasteiger charge is -2.13. The zero-order valence-electron chi connectivity index (χ0n) is 10.8. The first-order valence-electron chi connectivity index (χ1n) is 5.87. The molecule has 0 saturated carbocycles. The van der Waals surface area contributed by atoms with Gasteiger partial charge in [-0.2, -0.15) is 18.2 Å². The van der Waals surface area contributed by atoms with Gasteiger partial charge in [0.1, 0.15) is 12.0 Å². The Balaban J connectivity index is 2.54. The molecule has 0 atom stereocenters. The Morgan fingerprint density at radius 3 is 2.63 bits per heavy atom. The van der Waals surface area contributed by atoms with E-state index >= 15 is 0 Å². The molecule has 1 aromatic rings. The summed E-state index contributed by atoms with van der Waals surface area (Å²) in [6.07, 6.45) is -3.89. The van der Waals surface area contributed by atoms with Crippen LogP contribution in [0.3, 0.4) is 0 Å². The molecule has 1 heterocycles. The van der Waals surface area contributed by atoms with Crippen LogP contribution in [0.4, 0.5) is 24.7 Å². The smallest absolute Gasteiger partial charge is 0.389 e. The molecule has 0 amide bonds. The van der Waals surface area contributed by atoms with Gasteiger partial charge in [0.25, 0.3) is 0 Å². The molecule has 0 aliphatic carbocycles. The molecule has 0 fully saturated rings. The van der Waals surface area contributed by atoms with Gasteiger partial charge in [0.15, 0.2) is 5.82 Å². The van der Waals surface area contributed by atoms with Crippen molar-refractivity contribution in [3.63, 3.8) is 0 Å². The summed E-state index contributed by atoms with van der Waals surface area (Å²) in [6, 6.07) is 0. The van der Waals surface area contributed by atoms with Crippen molar-refractivity contribution >= 4 is 11.5 Å². The minimum absolute atomic E-state index is 0.0483. The number of hydrogen-bond donors (Lipinski definition) is 2. The molecule has 0 saturated heterocycles. The van der Waals surface area contributed by atoms with E-state index in [1.54, 1.807) is 0 Å². The number of nitrogens with zero attached hydrogens (tertiary/aromatic N) is 2. The topological polar surface area (TPSA) is 73.1 Å². The lowest BCUT2D eigenvalue weighted by atomic mass is 10.3. The Bertz CT molecular complexity index is 409. The normalized spacial score (nSPS) is 11.7. The van der Waals surface area contributed by atoms with Gasteiger partial charge >= 0.3 is 6.18 Å². The molecule has 1 rings (SSSR count). The minimum Gasteiger partial charge on any atom is -0.473 e. The van der Waals surface area contributed by atoms with Gasteiger partial charge in [0.05, 0.1) is 6.10 Å². The summed E-state index contributed by atoms with van der Waals surface area (Å²) in [5, 5.41) is 2.74. The maximum atomic E-state index is 12.0. The van der Waals surface area contributed by atoms with Crippen LogP contribution in [0.2, 0.25) is 0 Å². The number of aromatic nitrogens is 2. The number of ether oxygens (including phenoxy) is 1. The molecular weight excluding hydrogens is 261 g/mol. The van der Waals surface area contributed by atoms with Crippen LogP contribution in [0, 0.1) is 0 Å². The van der Waals surface area contributed by atoms with Crippen LogP contribution in [-0.2, 0) is 0 Å². The quantitative estimate of drug-likeness (QED) is 0.782. The number of rotatable bonds is 6. The summed E-state index contributed by atoms with van der Waals surface area (Å²) in [5.41, 5.74) is 5.96. The molecule has 0 spiro atoms. The van der Waals surface area contributed by atoms with Crippen LogP contribution < -0.4 is 15.8 Å². The van der Waals surface area contributed by atoms with Gasteiger partial charge in [-0.15, -0.1) is 0 Å². The van der Waals surface area contributed by atoms with Crippen molar-refractivity contribution in [2.75, 3.05) is 17.6 Å². The average molecular weight is 278 g/mol. The molecule has 0 bridgehead atoms. The van der Waals surface area contributed by atoms with Crippen molar-refractivity contribution in [3.05, 3.63) is 6.33 Å². The van der Waals surface area contributed by atoms with Crippen molar-refractivity contribution in [2.45, 2.75) is 39.0 Å². The predicted octanol–water partition coefficient (Wildman–Crippen LogP) is 2.60. The summed E-state index contributed by atoms with van der Waals surface area (Å²) >= 11 is 0. The highest BCUT2D eigenvalue weighted by Gasteiger charge is 2.25. The largest absolute Gasteiger partial charge is 0.473 e. The van der Waals surface area contributed by atoms with E-state index < -0.39 is 12.6 Å². The zero-order chi connectivity index (χ0) is 14.5. The molecule has 5 nitrogen and oxygen atoms in total. The summed E-state index contributed by atoms with van der Waals surface area (Å²) < 4.78 is 41.3. The van der Waals surface area contributed by atoms with Gasteiger partial charge in [0.2, 0.25) is 5.88 Å². The maximum absolute atomic E-state index is 12.0. The third-order valence-corrected chi connectivity index (χ3v) is 2.12. The molecule has 3 N–H and O–H groups in total. The second kappa shape index (κ2) is 6.44. The molecule has 0 aliphatic heterocycles. The van der Waals surface area contributed by atoms with Crippen LogP contribution >= 0.6 is 0 Å². The Kier molecular flexibility index (Phi) is 5.20. The summed E-state index contributed by atoms with van der Waals surface area (Å²) in [7, 11) is 0. The summed E-state index contributed by atoms with van der Waals surface area (Å²) in [4.78, 5) is 7.74. The van der Waals surface area contributed by atoms with Gasteiger partial charge in [-0.1, -0.05) is 0 Å². The lowest BCUT2D eigenvalue weighted by Crippen LogP contribution is -2.14. The average Bonchev–Trinajstić information content (AvgIpc) is 2.27. The van der Waals surface area contributed by atoms with Crippen LogP contribution in [-0.4, -0.2) is 28.8 Å². The van der Waals surface area contributed by atoms with E-state index in [0.29, 0.717) is 0 Å². The van der Waals surface area contributed by atoms with Crippen molar-refractivity contribution in [1.82, 2.24) is 9.97 Å². The Morgan fingerprint density at radius 2 is 2.05 bits per heavy atom. The van der Waals surface area contributed by atoms with E-state index in [4.69, 9.17) is 10.5 Å². The van der Waals surface area contributed by atoms with Crippen LogP contribution in [0.5, 0.6) is 5.88 Å². The number of nitrogens with one attached hydrogen (secondary N) is 1. The number of hydrogen-bond acceptors (Lipinski definition) is 5. The van der Waals surface area contributed by atoms with Gasteiger partial charge in [0, 0.05) is 13.0 Å². The molecule has 0 aliphatic rings. The van der Waals surface area contributed by atoms with E-state index in [0.717, 1.165) is 0 Å². The fourth-order valence-electron chi connectivity index (χ4n) is 1.33. The van der Waals surface area contributed by atoms with Crippen molar-refractivity contribution in [2.24, 2.45) is 0 Å². The van der Waals surface area contributed by atoms with Crippen LogP contribution in [0.15, 0.2) is 6.33 Å². The molecule has 19 heavy (non-hydrogen) atoms. The highest BCUT2D eigenvalue weighted by atomic mass is 19.4. The third kappa shape index (κ3) is 5.62. The first kappa shape index (κ1) is 15.3. The lowest BCUT2D eigenvalue weighted by molar-refractivity contribution is -0.134. The molecule has 1 aromatic heterocycles. The Hall–Kier alpha value is -1.73. The standard InChI is InChI=1S/C11H17F3N4O/c1-7(2)19-10-8(15)9(17-6-18-10)16-5-3-4-11(12,13)14/h6-7H,3-5,15H2,1-2H3,(H,16,17,18). The molecule has 108 valence electrons. The number of anilines is 2. The number of alkyl halides is 3. The number of nitrogens with two attached hydrogens (primary N) is 1. The van der Waals surface area contributed by atoms with Crippen molar-refractivity contribution in [1.29, 1.82) is 0 Å². The Morgan fingerprint density at radius 1 is 1.37 bits per heavy atom. The highest BCUT2D eigenvalue weighted by Crippen LogP contribution is 2.26. The van der Waals surface area contributed by atoms with Gasteiger partial charge in [-0.05, 0) is 20.3 Å². The third-order valence-electron chi connectivity index (χ3n) is 2.12. The summed E-state index contributed by atoms with van der Waals surface area (Å²) in [6.45, 7) is 3.76. The van der Waals surface area contributed by atoms with Crippen LogP contribution in [0.25, 0.3) is 0 Å². The zero-order valence-corrected chi connectivity index (χ0v) is 10.8. The molecule has 0 aromatic carbocycles. The highest BCUT2D eigenvalue weighted by molar-refractivity contribution is 5.66.